The number of thiazole rings is 1. The van der Waals surface area contributed by atoms with Gasteiger partial charge in [-0.15, -0.1) is 11.3 Å². The predicted molar refractivity (Wildman–Crippen MR) is 103 cm³/mol. The van der Waals surface area contributed by atoms with Gasteiger partial charge in [-0.1, -0.05) is 12.1 Å². The van der Waals surface area contributed by atoms with E-state index in [1.165, 1.54) is 0 Å². The summed E-state index contributed by atoms with van der Waals surface area (Å²) in [4.78, 5) is 35.2. The Balaban J connectivity index is 1.38. The number of nitrogens with zero attached hydrogens (tertiary/aromatic N) is 4. The van der Waals surface area contributed by atoms with E-state index in [1.54, 1.807) is 16.2 Å². The van der Waals surface area contributed by atoms with Gasteiger partial charge < -0.3 is 9.64 Å². The Hall–Kier alpha value is -2.45. The molecular formula is C19H22N4O3S. The van der Waals surface area contributed by atoms with Crippen LogP contribution in [0.5, 0.6) is 5.75 Å². The summed E-state index contributed by atoms with van der Waals surface area (Å²) in [6.07, 6.45) is 2.75. The molecule has 0 N–H and O–H groups in total. The smallest absolute Gasteiger partial charge is 0.265 e. The van der Waals surface area contributed by atoms with Crippen LogP contribution in [-0.2, 0) is 16.1 Å². The standard InChI is InChI=1S/C19H22N4O3S/c24-18(13-23-15-4-1-2-5-16(15)26-14-19(23)25)22-8-3-7-21(9-10-22)12-17-20-6-11-27-17/h1-2,4-6,11H,3,7-10,12-14H2. The molecule has 1 aromatic carbocycles. The largest absolute Gasteiger partial charge is 0.482 e. The van der Waals surface area contributed by atoms with Crippen molar-refractivity contribution in [2.45, 2.75) is 13.0 Å². The van der Waals surface area contributed by atoms with Crippen LogP contribution in [0, 0.1) is 0 Å². The molecule has 142 valence electrons. The van der Waals surface area contributed by atoms with Crippen LogP contribution in [0.15, 0.2) is 35.8 Å². The zero-order chi connectivity index (χ0) is 18.6. The van der Waals surface area contributed by atoms with Gasteiger partial charge in [0.15, 0.2) is 6.61 Å². The first-order valence-electron chi connectivity index (χ1n) is 9.11. The number of hydrogen-bond donors (Lipinski definition) is 0. The van der Waals surface area contributed by atoms with Gasteiger partial charge in [-0.3, -0.25) is 19.4 Å². The van der Waals surface area contributed by atoms with Crippen LogP contribution < -0.4 is 9.64 Å². The number of carbonyl (C=O) groups is 2. The maximum atomic E-state index is 12.9. The van der Waals surface area contributed by atoms with Crippen LogP contribution in [-0.4, -0.2) is 65.9 Å². The van der Waals surface area contributed by atoms with Gasteiger partial charge >= 0.3 is 0 Å². The second kappa shape index (κ2) is 8.06. The number of anilines is 1. The third-order valence-corrected chi connectivity index (χ3v) is 5.65. The van der Waals surface area contributed by atoms with Gasteiger partial charge in [0.25, 0.3) is 5.91 Å². The molecule has 0 saturated carbocycles. The quantitative estimate of drug-likeness (QED) is 0.799. The molecule has 0 aliphatic carbocycles. The van der Waals surface area contributed by atoms with Gasteiger partial charge in [0.05, 0.1) is 12.2 Å². The van der Waals surface area contributed by atoms with Crippen LogP contribution in [0.25, 0.3) is 0 Å². The topological polar surface area (TPSA) is 66.0 Å². The average Bonchev–Trinajstić information content (AvgIpc) is 3.08. The van der Waals surface area contributed by atoms with E-state index in [-0.39, 0.29) is 25.0 Å². The Labute approximate surface area is 162 Å². The Morgan fingerprint density at radius 1 is 1.19 bits per heavy atom. The van der Waals surface area contributed by atoms with Crippen molar-refractivity contribution in [2.24, 2.45) is 0 Å². The molecule has 2 aromatic rings. The van der Waals surface area contributed by atoms with E-state index >= 15 is 0 Å². The Morgan fingerprint density at radius 3 is 2.93 bits per heavy atom. The van der Waals surface area contributed by atoms with Crippen molar-refractivity contribution in [1.29, 1.82) is 0 Å². The molecule has 2 amide bonds. The molecule has 4 rings (SSSR count). The van der Waals surface area contributed by atoms with Gasteiger partial charge in [0, 0.05) is 37.8 Å². The number of rotatable bonds is 4. The highest BCUT2D eigenvalue weighted by atomic mass is 32.1. The molecule has 1 fully saturated rings. The molecule has 0 radical (unpaired) electrons. The molecule has 1 aromatic heterocycles. The van der Waals surface area contributed by atoms with E-state index in [4.69, 9.17) is 4.74 Å². The average molecular weight is 386 g/mol. The van der Waals surface area contributed by atoms with E-state index in [1.807, 2.05) is 40.7 Å². The summed E-state index contributed by atoms with van der Waals surface area (Å²) in [5, 5.41) is 3.09. The molecule has 7 nitrogen and oxygen atoms in total. The highest BCUT2D eigenvalue weighted by Crippen LogP contribution is 2.31. The van der Waals surface area contributed by atoms with Crippen molar-refractivity contribution >= 4 is 28.8 Å². The van der Waals surface area contributed by atoms with Gasteiger partial charge in [-0.25, -0.2) is 4.98 Å². The number of benzene rings is 1. The van der Waals surface area contributed by atoms with E-state index in [2.05, 4.69) is 9.88 Å². The van der Waals surface area contributed by atoms with E-state index in [0.29, 0.717) is 24.5 Å². The molecule has 8 heteroatoms. The minimum atomic E-state index is -0.178. The van der Waals surface area contributed by atoms with Crippen molar-refractivity contribution in [3.63, 3.8) is 0 Å². The van der Waals surface area contributed by atoms with Gasteiger partial charge in [0.1, 0.15) is 17.3 Å². The highest BCUT2D eigenvalue weighted by Gasteiger charge is 2.29. The summed E-state index contributed by atoms with van der Waals surface area (Å²) in [5.74, 6) is 0.453. The van der Waals surface area contributed by atoms with Crippen LogP contribution in [0.2, 0.25) is 0 Å². The maximum absolute atomic E-state index is 12.9. The minimum absolute atomic E-state index is 0.0175. The molecule has 2 aliphatic rings. The lowest BCUT2D eigenvalue weighted by Crippen LogP contribution is -2.47. The van der Waals surface area contributed by atoms with Gasteiger partial charge in [-0.05, 0) is 18.6 Å². The predicted octanol–water partition coefficient (Wildman–Crippen LogP) is 1.60. The first-order chi connectivity index (χ1) is 13.2. The van der Waals surface area contributed by atoms with Crippen LogP contribution in [0.3, 0.4) is 0 Å². The number of fused-ring (bicyclic) bond motifs is 1. The number of para-hydroxylation sites is 2. The number of amides is 2. The molecule has 3 heterocycles. The van der Waals surface area contributed by atoms with Crippen LogP contribution >= 0.6 is 11.3 Å². The fourth-order valence-electron chi connectivity index (χ4n) is 3.46. The molecule has 0 spiro atoms. The van der Waals surface area contributed by atoms with Gasteiger partial charge in [0.2, 0.25) is 5.91 Å². The summed E-state index contributed by atoms with van der Waals surface area (Å²) in [5.41, 5.74) is 0.669. The van der Waals surface area contributed by atoms with E-state index in [0.717, 1.165) is 31.1 Å². The van der Waals surface area contributed by atoms with Crippen molar-refractivity contribution < 1.29 is 14.3 Å². The van der Waals surface area contributed by atoms with Crippen LogP contribution in [0.4, 0.5) is 5.69 Å². The van der Waals surface area contributed by atoms with Crippen molar-refractivity contribution in [1.82, 2.24) is 14.8 Å². The molecule has 0 bridgehead atoms. The number of hydrogen-bond acceptors (Lipinski definition) is 6. The molecule has 2 aliphatic heterocycles. The van der Waals surface area contributed by atoms with Crippen molar-refractivity contribution in [2.75, 3.05) is 44.2 Å². The van der Waals surface area contributed by atoms with Gasteiger partial charge in [-0.2, -0.15) is 0 Å². The van der Waals surface area contributed by atoms with Crippen molar-refractivity contribution in [3.8, 4) is 5.75 Å². The van der Waals surface area contributed by atoms with Crippen molar-refractivity contribution in [3.05, 3.63) is 40.8 Å². The summed E-state index contributed by atoms with van der Waals surface area (Å²) >= 11 is 1.66. The summed E-state index contributed by atoms with van der Waals surface area (Å²) in [6, 6.07) is 7.35. The Morgan fingerprint density at radius 2 is 2.07 bits per heavy atom. The highest BCUT2D eigenvalue weighted by molar-refractivity contribution is 7.09. The summed E-state index contributed by atoms with van der Waals surface area (Å²) < 4.78 is 5.45. The zero-order valence-corrected chi connectivity index (χ0v) is 15.9. The zero-order valence-electron chi connectivity index (χ0n) is 15.0. The molecule has 0 atom stereocenters. The van der Waals surface area contributed by atoms with E-state index in [9.17, 15) is 9.59 Å². The minimum Gasteiger partial charge on any atom is -0.482 e. The molecular weight excluding hydrogens is 364 g/mol. The maximum Gasteiger partial charge on any atom is 0.265 e. The Kier molecular flexibility index (Phi) is 5.35. The third-order valence-electron chi connectivity index (χ3n) is 4.89. The SMILES string of the molecule is O=C(CN1C(=O)COc2ccccc21)N1CCCN(Cc2nccs2)CC1. The second-order valence-corrected chi connectivity index (χ2v) is 7.65. The molecule has 0 unspecified atom stereocenters. The summed E-state index contributed by atoms with van der Waals surface area (Å²) in [6.45, 7) is 4.02. The Bertz CT molecular complexity index is 811. The monoisotopic (exact) mass is 386 g/mol. The third kappa shape index (κ3) is 4.12. The lowest BCUT2D eigenvalue weighted by Gasteiger charge is -2.31. The lowest BCUT2D eigenvalue weighted by molar-refractivity contribution is -0.131. The number of carbonyl (C=O) groups excluding carboxylic acids is 2. The fourth-order valence-corrected chi connectivity index (χ4v) is 4.12. The van der Waals surface area contributed by atoms with E-state index < -0.39 is 0 Å². The molecule has 1 saturated heterocycles. The first-order valence-corrected chi connectivity index (χ1v) is 9.99. The number of ether oxygens (including phenoxy) is 1. The number of aromatic nitrogens is 1. The van der Waals surface area contributed by atoms with Crippen LogP contribution in [0.1, 0.15) is 11.4 Å². The fraction of sp³-hybridized carbons (Fsp3) is 0.421. The normalized spacial score (nSPS) is 18.0. The first kappa shape index (κ1) is 17.9. The second-order valence-electron chi connectivity index (χ2n) is 6.67. The lowest BCUT2D eigenvalue weighted by atomic mass is 10.2. The summed E-state index contributed by atoms with van der Waals surface area (Å²) in [7, 11) is 0. The molecule has 27 heavy (non-hydrogen) atoms.